The molecule has 0 spiro atoms. The normalized spacial score (nSPS) is 18.4. The Kier molecular flexibility index (Phi) is 5.15. The van der Waals surface area contributed by atoms with Gasteiger partial charge in [-0.3, -0.25) is 0 Å². The Morgan fingerprint density at radius 1 is 1.20 bits per heavy atom. The zero-order valence-corrected chi connectivity index (χ0v) is 13.8. The zero-order chi connectivity index (χ0) is 14.8. The lowest BCUT2D eigenvalue weighted by Gasteiger charge is -2.19. The summed E-state index contributed by atoms with van der Waals surface area (Å²) in [4.78, 5) is 0.378. The van der Waals surface area contributed by atoms with Gasteiger partial charge >= 0.3 is 0 Å². The molecule has 20 heavy (non-hydrogen) atoms. The van der Waals surface area contributed by atoms with E-state index in [2.05, 4.69) is 0 Å². The molecule has 0 aromatic carbocycles. The first-order valence-corrected chi connectivity index (χ1v) is 9.21. The number of halogens is 1. The molecule has 0 aliphatic carbocycles. The molecule has 0 radical (unpaired) electrons. The summed E-state index contributed by atoms with van der Waals surface area (Å²) < 4.78 is 29.0. The molecule has 1 aliphatic heterocycles. The molecule has 1 saturated heterocycles. The lowest BCUT2D eigenvalue weighted by Crippen LogP contribution is -2.31. The molecule has 2 rings (SSSR count). The highest BCUT2D eigenvalue weighted by Gasteiger charge is 2.27. The molecule has 114 valence electrons. The average Bonchev–Trinajstić information content (AvgIpc) is 2.66. The number of rotatable bonds is 4. The van der Waals surface area contributed by atoms with Gasteiger partial charge in [0, 0.05) is 31.0 Å². The minimum atomic E-state index is -3.38. The molecule has 0 atom stereocenters. The first-order chi connectivity index (χ1) is 9.46. The van der Waals surface area contributed by atoms with Crippen molar-refractivity contribution in [2.45, 2.75) is 56.3 Å². The van der Waals surface area contributed by atoms with E-state index < -0.39 is 10.0 Å². The van der Waals surface area contributed by atoms with E-state index in [-0.39, 0.29) is 6.04 Å². The SMILES string of the molecule is CC(C)n1cc(S(=O)(=O)N2CCCCCC2)cc1CCl. The van der Waals surface area contributed by atoms with Gasteiger partial charge in [-0.15, -0.1) is 11.6 Å². The summed E-state index contributed by atoms with van der Waals surface area (Å²) >= 11 is 5.92. The van der Waals surface area contributed by atoms with E-state index in [1.54, 1.807) is 16.6 Å². The molecule has 0 unspecified atom stereocenters. The van der Waals surface area contributed by atoms with Crippen LogP contribution in [-0.2, 0) is 15.9 Å². The minimum absolute atomic E-state index is 0.205. The van der Waals surface area contributed by atoms with Gasteiger partial charge in [-0.2, -0.15) is 4.31 Å². The van der Waals surface area contributed by atoms with E-state index in [1.165, 1.54) is 0 Å². The Bertz CT molecular complexity index is 544. The molecular formula is C14H23ClN2O2S. The molecule has 2 heterocycles. The van der Waals surface area contributed by atoms with Gasteiger partial charge in [0.1, 0.15) is 4.90 Å². The molecule has 6 heteroatoms. The third-order valence-electron chi connectivity index (χ3n) is 3.80. The Morgan fingerprint density at radius 2 is 1.80 bits per heavy atom. The van der Waals surface area contributed by atoms with Crippen LogP contribution >= 0.6 is 11.6 Å². The average molecular weight is 319 g/mol. The second-order valence-corrected chi connectivity index (χ2v) is 7.83. The van der Waals surface area contributed by atoms with Gasteiger partial charge in [0.15, 0.2) is 0 Å². The van der Waals surface area contributed by atoms with Gasteiger partial charge in [0.2, 0.25) is 10.0 Å². The molecular weight excluding hydrogens is 296 g/mol. The summed E-state index contributed by atoms with van der Waals surface area (Å²) in [5, 5.41) is 0. The summed E-state index contributed by atoms with van der Waals surface area (Å²) in [6.07, 6.45) is 5.86. The van der Waals surface area contributed by atoms with Gasteiger partial charge in [0.05, 0.1) is 5.88 Å². The summed E-state index contributed by atoms with van der Waals surface area (Å²) in [7, 11) is -3.38. The number of sulfonamides is 1. The van der Waals surface area contributed by atoms with E-state index in [1.807, 2.05) is 18.4 Å². The van der Waals surface area contributed by atoms with Crippen molar-refractivity contribution in [3.63, 3.8) is 0 Å². The number of hydrogen-bond acceptors (Lipinski definition) is 2. The van der Waals surface area contributed by atoms with E-state index in [9.17, 15) is 8.42 Å². The predicted octanol–water partition coefficient (Wildman–Crippen LogP) is 3.37. The number of nitrogens with zero attached hydrogens (tertiary/aromatic N) is 2. The fraction of sp³-hybridized carbons (Fsp3) is 0.714. The van der Waals surface area contributed by atoms with Crippen LogP contribution in [0.25, 0.3) is 0 Å². The van der Waals surface area contributed by atoms with Gasteiger partial charge in [0.25, 0.3) is 0 Å². The first kappa shape index (κ1) is 15.9. The maximum absolute atomic E-state index is 12.7. The minimum Gasteiger partial charge on any atom is -0.346 e. The van der Waals surface area contributed by atoms with Crippen molar-refractivity contribution in [2.24, 2.45) is 0 Å². The molecule has 0 saturated carbocycles. The Labute approximate surface area is 126 Å². The van der Waals surface area contributed by atoms with Crippen molar-refractivity contribution in [1.82, 2.24) is 8.87 Å². The summed E-state index contributed by atoms with van der Waals surface area (Å²) in [5.41, 5.74) is 0.857. The summed E-state index contributed by atoms with van der Waals surface area (Å²) in [5.74, 6) is 0.327. The van der Waals surface area contributed by atoms with Gasteiger partial charge in [-0.05, 0) is 32.8 Å². The predicted molar refractivity (Wildman–Crippen MR) is 81.6 cm³/mol. The van der Waals surface area contributed by atoms with Crippen molar-refractivity contribution >= 4 is 21.6 Å². The number of hydrogen-bond donors (Lipinski definition) is 0. The van der Waals surface area contributed by atoms with Gasteiger partial charge < -0.3 is 4.57 Å². The van der Waals surface area contributed by atoms with E-state index in [4.69, 9.17) is 11.6 Å². The topological polar surface area (TPSA) is 42.3 Å². The summed E-state index contributed by atoms with van der Waals surface area (Å²) in [6.45, 7) is 5.31. The van der Waals surface area contributed by atoms with Crippen LogP contribution in [0.5, 0.6) is 0 Å². The third-order valence-corrected chi connectivity index (χ3v) is 5.94. The molecule has 0 N–H and O–H groups in total. The van der Waals surface area contributed by atoms with Crippen LogP contribution < -0.4 is 0 Å². The summed E-state index contributed by atoms with van der Waals surface area (Å²) in [6, 6.07) is 1.92. The Morgan fingerprint density at radius 3 is 2.25 bits per heavy atom. The molecule has 1 aromatic heterocycles. The number of aromatic nitrogens is 1. The smallest absolute Gasteiger partial charge is 0.244 e. The standard InChI is InChI=1S/C14H23ClN2O2S/c1-12(2)17-11-14(9-13(17)10-15)20(18,19)16-7-5-3-4-6-8-16/h9,11-12H,3-8,10H2,1-2H3. The van der Waals surface area contributed by atoms with Crippen molar-refractivity contribution in [3.05, 3.63) is 18.0 Å². The molecule has 0 bridgehead atoms. The zero-order valence-electron chi connectivity index (χ0n) is 12.2. The highest BCUT2D eigenvalue weighted by Crippen LogP contribution is 2.25. The molecule has 1 aromatic rings. The van der Waals surface area contributed by atoms with Crippen LogP contribution in [0, 0.1) is 0 Å². The fourth-order valence-electron chi connectivity index (χ4n) is 2.66. The monoisotopic (exact) mass is 318 g/mol. The molecule has 1 aliphatic rings. The maximum atomic E-state index is 12.7. The Hall–Kier alpha value is -0.520. The van der Waals surface area contributed by atoms with Crippen molar-refractivity contribution in [2.75, 3.05) is 13.1 Å². The third kappa shape index (κ3) is 3.21. The van der Waals surface area contributed by atoms with Crippen molar-refractivity contribution < 1.29 is 8.42 Å². The van der Waals surface area contributed by atoms with Crippen LogP contribution in [-0.4, -0.2) is 30.4 Å². The second-order valence-electron chi connectivity index (χ2n) is 5.62. The Balaban J connectivity index is 2.33. The van der Waals surface area contributed by atoms with E-state index in [0.717, 1.165) is 31.4 Å². The van der Waals surface area contributed by atoms with Crippen LogP contribution in [0.3, 0.4) is 0 Å². The lowest BCUT2D eigenvalue weighted by molar-refractivity contribution is 0.423. The molecule has 1 fully saturated rings. The quantitative estimate of drug-likeness (QED) is 0.799. The van der Waals surface area contributed by atoms with Crippen LogP contribution in [0.2, 0.25) is 0 Å². The van der Waals surface area contributed by atoms with Gasteiger partial charge in [-0.25, -0.2) is 8.42 Å². The highest BCUT2D eigenvalue weighted by molar-refractivity contribution is 7.89. The van der Waals surface area contributed by atoms with Crippen molar-refractivity contribution in [1.29, 1.82) is 0 Å². The fourth-order valence-corrected chi connectivity index (χ4v) is 4.44. The number of alkyl halides is 1. The van der Waals surface area contributed by atoms with E-state index >= 15 is 0 Å². The molecule has 4 nitrogen and oxygen atoms in total. The van der Waals surface area contributed by atoms with Crippen LogP contribution in [0.15, 0.2) is 17.2 Å². The van der Waals surface area contributed by atoms with Crippen molar-refractivity contribution in [3.8, 4) is 0 Å². The largest absolute Gasteiger partial charge is 0.346 e. The van der Waals surface area contributed by atoms with E-state index in [0.29, 0.717) is 23.9 Å². The van der Waals surface area contributed by atoms with Crippen LogP contribution in [0.4, 0.5) is 0 Å². The van der Waals surface area contributed by atoms with Gasteiger partial charge in [-0.1, -0.05) is 12.8 Å². The lowest BCUT2D eigenvalue weighted by atomic mass is 10.2. The highest BCUT2D eigenvalue weighted by atomic mass is 35.5. The molecule has 0 amide bonds. The first-order valence-electron chi connectivity index (χ1n) is 7.23. The maximum Gasteiger partial charge on any atom is 0.244 e. The van der Waals surface area contributed by atoms with Crippen LogP contribution in [0.1, 0.15) is 51.3 Å². The second kappa shape index (κ2) is 6.50.